The molecule has 1 rings (SSSR count). The summed E-state index contributed by atoms with van der Waals surface area (Å²) in [5.41, 5.74) is 0. The van der Waals surface area contributed by atoms with Gasteiger partial charge in [0.2, 0.25) is 0 Å². The topological polar surface area (TPSA) is 47.4 Å². The zero-order valence-electron chi connectivity index (χ0n) is 9.43. The molecule has 0 saturated heterocycles. The molecule has 0 N–H and O–H groups in total. The van der Waals surface area contributed by atoms with E-state index in [1.807, 2.05) is 29.8 Å². The van der Waals surface area contributed by atoms with E-state index in [-0.39, 0.29) is 5.97 Å². The Morgan fingerprint density at radius 2 is 2.40 bits per heavy atom. The molecule has 0 aromatic carbocycles. The summed E-state index contributed by atoms with van der Waals surface area (Å²) >= 11 is 0. The maximum atomic E-state index is 11.2. The highest BCUT2D eigenvalue weighted by Gasteiger charge is 2.09. The Labute approximate surface area is 89.7 Å². The second-order valence-electron chi connectivity index (χ2n) is 3.43. The van der Waals surface area contributed by atoms with Gasteiger partial charge in [-0.15, -0.1) is 0 Å². The first-order valence-electron chi connectivity index (χ1n) is 4.93. The summed E-state index contributed by atoms with van der Waals surface area (Å²) in [6.45, 7) is 3.16. The van der Waals surface area contributed by atoms with Gasteiger partial charge < -0.3 is 9.30 Å². The second kappa shape index (κ2) is 5.50. The molecular formula is C10H17N3O2. The first kappa shape index (κ1) is 11.7. The Kier molecular flexibility index (Phi) is 4.30. The molecule has 84 valence electrons. The number of carbonyl (C=O) groups is 1. The Bertz CT molecular complexity index is 322. The predicted molar refractivity (Wildman–Crippen MR) is 56.2 cm³/mol. The van der Waals surface area contributed by atoms with Crippen molar-refractivity contribution in [3.05, 3.63) is 18.2 Å². The van der Waals surface area contributed by atoms with E-state index in [0.29, 0.717) is 19.7 Å². The van der Waals surface area contributed by atoms with Gasteiger partial charge in [0.15, 0.2) is 0 Å². The van der Waals surface area contributed by atoms with Crippen LogP contribution in [0.1, 0.15) is 12.7 Å². The van der Waals surface area contributed by atoms with Crippen LogP contribution in [0.5, 0.6) is 0 Å². The van der Waals surface area contributed by atoms with Gasteiger partial charge in [0.1, 0.15) is 5.82 Å². The molecule has 5 heteroatoms. The molecule has 0 unspecified atom stereocenters. The minimum atomic E-state index is -0.200. The summed E-state index contributed by atoms with van der Waals surface area (Å²) in [6.07, 6.45) is 3.63. The van der Waals surface area contributed by atoms with Gasteiger partial charge in [0, 0.05) is 19.4 Å². The second-order valence-corrected chi connectivity index (χ2v) is 3.43. The number of hydrogen-bond donors (Lipinski definition) is 0. The SMILES string of the molecule is CCOC(=O)CN(C)Cc1nccn1C. The van der Waals surface area contributed by atoms with Crippen LogP contribution in [0.2, 0.25) is 0 Å². The van der Waals surface area contributed by atoms with E-state index < -0.39 is 0 Å². The monoisotopic (exact) mass is 211 g/mol. The van der Waals surface area contributed by atoms with Crippen LogP contribution in [-0.4, -0.2) is 40.6 Å². The number of esters is 1. The molecule has 5 nitrogen and oxygen atoms in total. The lowest BCUT2D eigenvalue weighted by Gasteiger charge is -2.14. The highest BCUT2D eigenvalue weighted by Crippen LogP contribution is 1.99. The highest BCUT2D eigenvalue weighted by atomic mass is 16.5. The largest absolute Gasteiger partial charge is 0.465 e. The Balaban J connectivity index is 2.39. The van der Waals surface area contributed by atoms with Crippen molar-refractivity contribution in [2.24, 2.45) is 7.05 Å². The molecule has 1 aromatic heterocycles. The van der Waals surface area contributed by atoms with E-state index in [2.05, 4.69) is 4.98 Å². The van der Waals surface area contributed by atoms with Gasteiger partial charge in [-0.3, -0.25) is 9.69 Å². The van der Waals surface area contributed by atoms with Crippen molar-refractivity contribution in [1.29, 1.82) is 0 Å². The van der Waals surface area contributed by atoms with E-state index >= 15 is 0 Å². The molecule has 0 spiro atoms. The first-order chi connectivity index (χ1) is 7.13. The molecule has 0 aliphatic carbocycles. The molecule has 1 aromatic rings. The van der Waals surface area contributed by atoms with Gasteiger partial charge in [-0.2, -0.15) is 0 Å². The fourth-order valence-electron chi connectivity index (χ4n) is 1.27. The maximum absolute atomic E-state index is 11.2. The molecule has 0 amide bonds. The van der Waals surface area contributed by atoms with Crippen LogP contribution < -0.4 is 0 Å². The quantitative estimate of drug-likeness (QED) is 0.662. The molecule has 0 aliphatic rings. The van der Waals surface area contributed by atoms with Crippen molar-refractivity contribution in [2.45, 2.75) is 13.5 Å². The smallest absolute Gasteiger partial charge is 0.320 e. The third-order valence-electron chi connectivity index (χ3n) is 2.04. The van der Waals surface area contributed by atoms with Crippen molar-refractivity contribution in [3.8, 4) is 0 Å². The number of hydrogen-bond acceptors (Lipinski definition) is 4. The van der Waals surface area contributed by atoms with Gasteiger partial charge in [-0.25, -0.2) is 4.98 Å². The van der Waals surface area contributed by atoms with E-state index in [9.17, 15) is 4.79 Å². The Hall–Kier alpha value is -1.36. The highest BCUT2D eigenvalue weighted by molar-refractivity contribution is 5.71. The normalized spacial score (nSPS) is 10.7. The van der Waals surface area contributed by atoms with E-state index in [4.69, 9.17) is 4.74 Å². The zero-order chi connectivity index (χ0) is 11.3. The molecule has 0 aliphatic heterocycles. The average Bonchev–Trinajstić information content (AvgIpc) is 2.52. The molecule has 0 atom stereocenters. The van der Waals surface area contributed by atoms with Crippen molar-refractivity contribution in [3.63, 3.8) is 0 Å². The van der Waals surface area contributed by atoms with Gasteiger partial charge in [0.05, 0.1) is 19.7 Å². The lowest BCUT2D eigenvalue weighted by Crippen LogP contribution is -2.28. The van der Waals surface area contributed by atoms with Gasteiger partial charge in [-0.1, -0.05) is 0 Å². The molecule has 0 bridgehead atoms. The van der Waals surface area contributed by atoms with Crippen molar-refractivity contribution < 1.29 is 9.53 Å². The van der Waals surface area contributed by atoms with Crippen LogP contribution in [-0.2, 0) is 23.1 Å². The fourth-order valence-corrected chi connectivity index (χ4v) is 1.27. The third kappa shape index (κ3) is 3.71. The number of rotatable bonds is 5. The first-order valence-corrected chi connectivity index (χ1v) is 4.93. The van der Waals surface area contributed by atoms with Gasteiger partial charge >= 0.3 is 5.97 Å². The summed E-state index contributed by atoms with van der Waals surface area (Å²) in [4.78, 5) is 17.2. The van der Waals surface area contributed by atoms with E-state index in [1.165, 1.54) is 0 Å². The standard InChI is InChI=1S/C10H17N3O2/c1-4-15-10(14)8-12(2)7-9-11-5-6-13(9)3/h5-6H,4,7-8H2,1-3H3. The molecule has 0 saturated carbocycles. The summed E-state index contributed by atoms with van der Waals surface area (Å²) in [5, 5.41) is 0. The number of carbonyl (C=O) groups excluding carboxylic acids is 1. The summed E-state index contributed by atoms with van der Waals surface area (Å²) in [5.74, 6) is 0.732. The maximum Gasteiger partial charge on any atom is 0.320 e. The molecule has 1 heterocycles. The van der Waals surface area contributed by atoms with Crippen LogP contribution >= 0.6 is 0 Å². The van der Waals surface area contributed by atoms with Gasteiger partial charge in [-0.05, 0) is 14.0 Å². The minimum absolute atomic E-state index is 0.200. The van der Waals surface area contributed by atoms with E-state index in [1.54, 1.807) is 13.1 Å². The summed E-state index contributed by atoms with van der Waals surface area (Å²) < 4.78 is 6.79. The fraction of sp³-hybridized carbons (Fsp3) is 0.600. The lowest BCUT2D eigenvalue weighted by molar-refractivity contribution is -0.144. The minimum Gasteiger partial charge on any atom is -0.465 e. The molecule has 0 radical (unpaired) electrons. The number of ether oxygens (including phenoxy) is 1. The number of aryl methyl sites for hydroxylation is 1. The summed E-state index contributed by atoms with van der Waals surface area (Å²) in [7, 11) is 3.80. The van der Waals surface area contributed by atoms with Crippen LogP contribution in [0.4, 0.5) is 0 Å². The Morgan fingerprint density at radius 3 is 2.93 bits per heavy atom. The average molecular weight is 211 g/mol. The predicted octanol–water partition coefficient (Wildman–Crippen LogP) is 0.415. The molecular weight excluding hydrogens is 194 g/mol. The number of imidazole rings is 1. The number of aromatic nitrogens is 2. The summed E-state index contributed by atoms with van der Waals surface area (Å²) in [6, 6.07) is 0. The van der Waals surface area contributed by atoms with Crippen LogP contribution in [0, 0.1) is 0 Å². The lowest BCUT2D eigenvalue weighted by atomic mass is 10.5. The van der Waals surface area contributed by atoms with Crippen LogP contribution in [0.15, 0.2) is 12.4 Å². The van der Waals surface area contributed by atoms with Gasteiger partial charge in [0.25, 0.3) is 0 Å². The molecule has 15 heavy (non-hydrogen) atoms. The van der Waals surface area contributed by atoms with Crippen molar-refractivity contribution in [1.82, 2.24) is 14.5 Å². The Morgan fingerprint density at radius 1 is 1.67 bits per heavy atom. The third-order valence-corrected chi connectivity index (χ3v) is 2.04. The molecule has 0 fully saturated rings. The van der Waals surface area contributed by atoms with Crippen LogP contribution in [0.3, 0.4) is 0 Å². The number of nitrogens with zero attached hydrogens (tertiary/aromatic N) is 3. The van der Waals surface area contributed by atoms with Crippen LogP contribution in [0.25, 0.3) is 0 Å². The van der Waals surface area contributed by atoms with Crippen molar-refractivity contribution >= 4 is 5.97 Å². The van der Waals surface area contributed by atoms with Crippen molar-refractivity contribution in [2.75, 3.05) is 20.2 Å². The van der Waals surface area contributed by atoms with E-state index in [0.717, 1.165) is 5.82 Å². The zero-order valence-corrected chi connectivity index (χ0v) is 9.43. The number of likely N-dealkylation sites (N-methyl/N-ethyl adjacent to an activating group) is 1.